The van der Waals surface area contributed by atoms with Gasteiger partial charge >= 0.3 is 0 Å². The van der Waals surface area contributed by atoms with Crippen molar-refractivity contribution < 1.29 is 8.42 Å². The molecule has 140 valence electrons. The summed E-state index contributed by atoms with van der Waals surface area (Å²) in [5, 5.41) is 6.55. The third-order valence-electron chi connectivity index (χ3n) is 4.99. The summed E-state index contributed by atoms with van der Waals surface area (Å²) in [6.45, 7) is 2.38. The van der Waals surface area contributed by atoms with Crippen molar-refractivity contribution >= 4 is 16.0 Å². The third-order valence-corrected chi connectivity index (χ3v) is 6.57. The van der Waals surface area contributed by atoms with Gasteiger partial charge < -0.3 is 4.90 Å². The van der Waals surface area contributed by atoms with Gasteiger partial charge in [-0.3, -0.25) is 4.79 Å². The Hall–Kier alpha value is -1.45. The Kier molecular flexibility index (Phi) is 6.08. The zero-order valence-corrected chi connectivity index (χ0v) is 15.3. The van der Waals surface area contributed by atoms with Gasteiger partial charge in [0.05, 0.1) is 0 Å². The van der Waals surface area contributed by atoms with Gasteiger partial charge in [-0.2, -0.15) is 17.8 Å². The fourth-order valence-electron chi connectivity index (χ4n) is 3.59. The molecule has 0 bridgehead atoms. The first-order chi connectivity index (χ1) is 12.1. The van der Waals surface area contributed by atoms with E-state index in [1.54, 1.807) is 10.4 Å². The van der Waals surface area contributed by atoms with Crippen LogP contribution in [0.25, 0.3) is 0 Å². The summed E-state index contributed by atoms with van der Waals surface area (Å²) in [6, 6.07) is 3.20. The van der Waals surface area contributed by atoms with E-state index in [4.69, 9.17) is 0 Å². The molecule has 0 aliphatic carbocycles. The standard InChI is InChI=1S/C16H27N5O3S/c22-16-9-8-15(18-19-16)21-12-6-3-7-14(21)13-17-25(23,24)20-10-4-1-2-5-11-20/h8-9,14,17H,1-7,10-13H2,(H,19,22). The minimum atomic E-state index is -3.44. The Balaban J connectivity index is 1.65. The van der Waals surface area contributed by atoms with Crippen molar-refractivity contribution in [1.82, 2.24) is 19.2 Å². The number of piperidine rings is 1. The van der Waals surface area contributed by atoms with E-state index in [1.807, 2.05) is 0 Å². The largest absolute Gasteiger partial charge is 0.351 e. The molecular weight excluding hydrogens is 342 g/mol. The molecule has 2 aliphatic rings. The number of aromatic amines is 1. The molecule has 2 saturated heterocycles. The fourth-order valence-corrected chi connectivity index (χ4v) is 4.91. The smallest absolute Gasteiger partial charge is 0.279 e. The monoisotopic (exact) mass is 369 g/mol. The maximum Gasteiger partial charge on any atom is 0.279 e. The van der Waals surface area contributed by atoms with Crippen molar-refractivity contribution in [2.24, 2.45) is 0 Å². The van der Waals surface area contributed by atoms with E-state index in [9.17, 15) is 13.2 Å². The van der Waals surface area contributed by atoms with Crippen molar-refractivity contribution in [3.8, 4) is 0 Å². The summed E-state index contributed by atoms with van der Waals surface area (Å²) in [5.41, 5.74) is -0.237. The van der Waals surface area contributed by atoms with Crippen LogP contribution in [0.3, 0.4) is 0 Å². The van der Waals surface area contributed by atoms with Crippen LogP contribution in [0.15, 0.2) is 16.9 Å². The molecule has 8 nitrogen and oxygen atoms in total. The van der Waals surface area contributed by atoms with Crippen LogP contribution < -0.4 is 15.2 Å². The van der Waals surface area contributed by atoms with E-state index >= 15 is 0 Å². The van der Waals surface area contributed by atoms with Gasteiger partial charge in [-0.15, -0.1) is 0 Å². The molecule has 3 heterocycles. The highest BCUT2D eigenvalue weighted by Crippen LogP contribution is 2.22. The number of H-pyrrole nitrogens is 1. The molecule has 2 fully saturated rings. The normalized spacial score (nSPS) is 23.4. The van der Waals surface area contributed by atoms with Gasteiger partial charge in [0.2, 0.25) is 0 Å². The summed E-state index contributed by atoms with van der Waals surface area (Å²) in [4.78, 5) is 13.3. The zero-order valence-electron chi connectivity index (χ0n) is 14.5. The second kappa shape index (κ2) is 8.29. The summed E-state index contributed by atoms with van der Waals surface area (Å²) in [7, 11) is -3.44. The third kappa shape index (κ3) is 4.80. The van der Waals surface area contributed by atoms with Crippen LogP contribution in [0.5, 0.6) is 0 Å². The van der Waals surface area contributed by atoms with Crippen molar-refractivity contribution in [3.05, 3.63) is 22.5 Å². The summed E-state index contributed by atoms with van der Waals surface area (Å²) in [5.74, 6) is 0.693. The number of hydrogen-bond acceptors (Lipinski definition) is 5. The second-order valence-corrected chi connectivity index (χ2v) is 8.54. The van der Waals surface area contributed by atoms with Crippen molar-refractivity contribution in [2.75, 3.05) is 31.1 Å². The minimum Gasteiger partial charge on any atom is -0.351 e. The highest BCUT2D eigenvalue weighted by Gasteiger charge is 2.28. The van der Waals surface area contributed by atoms with E-state index in [0.29, 0.717) is 25.5 Å². The van der Waals surface area contributed by atoms with E-state index in [2.05, 4.69) is 19.8 Å². The number of hydrogen-bond donors (Lipinski definition) is 2. The lowest BCUT2D eigenvalue weighted by atomic mass is 10.0. The Morgan fingerprint density at radius 2 is 1.80 bits per heavy atom. The Bertz CT molecular complexity index is 692. The fraction of sp³-hybridized carbons (Fsp3) is 0.750. The van der Waals surface area contributed by atoms with Crippen LogP contribution in [0.1, 0.15) is 44.9 Å². The summed E-state index contributed by atoms with van der Waals surface area (Å²) in [6.07, 6.45) is 7.06. The Morgan fingerprint density at radius 1 is 1.08 bits per heavy atom. The minimum absolute atomic E-state index is 0.0499. The van der Waals surface area contributed by atoms with Gasteiger partial charge in [-0.05, 0) is 38.2 Å². The number of rotatable bonds is 5. The number of anilines is 1. The molecule has 2 N–H and O–H groups in total. The quantitative estimate of drug-likeness (QED) is 0.801. The first-order valence-electron chi connectivity index (χ1n) is 9.13. The van der Waals surface area contributed by atoms with Crippen LogP contribution in [-0.2, 0) is 10.2 Å². The molecule has 0 aromatic carbocycles. The average molecular weight is 369 g/mol. The molecule has 1 atom stereocenters. The van der Waals surface area contributed by atoms with Gasteiger partial charge in [0.25, 0.3) is 15.8 Å². The van der Waals surface area contributed by atoms with Crippen molar-refractivity contribution in [2.45, 2.75) is 51.0 Å². The molecule has 0 radical (unpaired) electrons. The van der Waals surface area contributed by atoms with Gasteiger partial charge in [0.15, 0.2) is 0 Å². The molecule has 1 unspecified atom stereocenters. The van der Waals surface area contributed by atoms with Crippen LogP contribution in [0.2, 0.25) is 0 Å². The summed E-state index contributed by atoms with van der Waals surface area (Å²) >= 11 is 0. The van der Waals surface area contributed by atoms with Gasteiger partial charge in [0, 0.05) is 38.3 Å². The average Bonchev–Trinajstić information content (AvgIpc) is 2.91. The topological polar surface area (TPSA) is 98.4 Å². The van der Waals surface area contributed by atoms with E-state index < -0.39 is 10.2 Å². The van der Waals surface area contributed by atoms with E-state index in [1.165, 1.54) is 6.07 Å². The molecule has 2 aliphatic heterocycles. The highest BCUT2D eigenvalue weighted by atomic mass is 32.2. The van der Waals surface area contributed by atoms with Gasteiger partial charge in [0.1, 0.15) is 5.82 Å². The zero-order chi connectivity index (χ0) is 17.7. The number of nitrogens with zero attached hydrogens (tertiary/aromatic N) is 3. The SMILES string of the molecule is O=c1ccc(N2CCCCC2CNS(=O)(=O)N2CCCCCC2)n[nH]1. The number of nitrogens with one attached hydrogen (secondary N) is 2. The Labute approximate surface area is 148 Å². The molecule has 0 saturated carbocycles. The molecule has 9 heteroatoms. The Morgan fingerprint density at radius 3 is 2.48 bits per heavy atom. The second-order valence-electron chi connectivity index (χ2n) is 6.79. The summed E-state index contributed by atoms with van der Waals surface area (Å²) < 4.78 is 29.6. The first kappa shape index (κ1) is 18.3. The van der Waals surface area contributed by atoms with Crippen LogP contribution >= 0.6 is 0 Å². The number of aromatic nitrogens is 2. The molecule has 0 spiro atoms. The van der Waals surface area contributed by atoms with Crippen molar-refractivity contribution in [1.29, 1.82) is 0 Å². The molecule has 1 aromatic heterocycles. The molecule has 3 rings (SSSR count). The maximum atomic E-state index is 12.6. The lowest BCUT2D eigenvalue weighted by Crippen LogP contribution is -2.50. The van der Waals surface area contributed by atoms with Crippen LogP contribution in [0, 0.1) is 0 Å². The lowest BCUT2D eigenvalue weighted by Gasteiger charge is -2.36. The molecule has 1 aromatic rings. The molecular formula is C16H27N5O3S. The first-order valence-corrected chi connectivity index (χ1v) is 10.6. The van der Waals surface area contributed by atoms with Crippen LogP contribution in [0.4, 0.5) is 5.82 Å². The van der Waals surface area contributed by atoms with Crippen LogP contribution in [-0.4, -0.2) is 55.1 Å². The van der Waals surface area contributed by atoms with Crippen molar-refractivity contribution in [3.63, 3.8) is 0 Å². The lowest BCUT2D eigenvalue weighted by molar-refractivity contribution is 0.403. The highest BCUT2D eigenvalue weighted by molar-refractivity contribution is 7.87. The van der Waals surface area contributed by atoms with Gasteiger partial charge in [-0.25, -0.2) is 9.82 Å². The van der Waals surface area contributed by atoms with E-state index in [-0.39, 0.29) is 11.6 Å². The van der Waals surface area contributed by atoms with Gasteiger partial charge in [-0.1, -0.05) is 12.8 Å². The molecule has 25 heavy (non-hydrogen) atoms. The predicted octanol–water partition coefficient (Wildman–Crippen LogP) is 0.839. The maximum absolute atomic E-state index is 12.6. The molecule has 0 amide bonds. The van der Waals surface area contributed by atoms with E-state index in [0.717, 1.165) is 51.5 Å². The predicted molar refractivity (Wildman–Crippen MR) is 96.8 cm³/mol.